The number of benzene rings is 1. The number of anilines is 1. The molecule has 2 aromatic rings. The molecule has 21 heavy (non-hydrogen) atoms. The number of pyridine rings is 1. The van der Waals surface area contributed by atoms with Gasteiger partial charge in [-0.05, 0) is 23.1 Å². The number of nitrogens with one attached hydrogen (secondary N) is 1. The Kier molecular flexibility index (Phi) is 4.52. The summed E-state index contributed by atoms with van der Waals surface area (Å²) in [6.07, 6.45) is 0.997. The molecule has 0 amide bonds. The molecule has 2 N–H and O–H groups in total. The van der Waals surface area contributed by atoms with Gasteiger partial charge in [-0.1, -0.05) is 38.1 Å². The molecule has 4 nitrogen and oxygen atoms in total. The first-order valence-electron chi connectivity index (χ1n) is 6.69. The van der Waals surface area contributed by atoms with Crippen molar-refractivity contribution < 1.29 is 14.3 Å². The van der Waals surface area contributed by atoms with E-state index in [-0.39, 0.29) is 11.4 Å². The quantitative estimate of drug-likeness (QED) is 0.881. The summed E-state index contributed by atoms with van der Waals surface area (Å²) in [6.45, 7) is 4.67. The van der Waals surface area contributed by atoms with Gasteiger partial charge < -0.3 is 10.4 Å². The molecular formula is C16H17FN2O2. The van der Waals surface area contributed by atoms with E-state index in [1.54, 1.807) is 0 Å². The second kappa shape index (κ2) is 6.35. The SMILES string of the molecule is CC(C)c1ccc(CNc2ncc(F)cc2C(=O)O)cc1. The molecule has 0 unspecified atom stereocenters. The second-order valence-electron chi connectivity index (χ2n) is 5.10. The maximum atomic E-state index is 13.0. The van der Waals surface area contributed by atoms with Crippen LogP contribution in [-0.4, -0.2) is 16.1 Å². The predicted octanol–water partition coefficient (Wildman–Crippen LogP) is 3.65. The lowest BCUT2D eigenvalue weighted by Crippen LogP contribution is -2.09. The van der Waals surface area contributed by atoms with Gasteiger partial charge in [0.25, 0.3) is 0 Å². The van der Waals surface area contributed by atoms with Crippen molar-refractivity contribution in [2.45, 2.75) is 26.3 Å². The average Bonchev–Trinajstić information content (AvgIpc) is 2.46. The van der Waals surface area contributed by atoms with Gasteiger partial charge in [0, 0.05) is 6.54 Å². The van der Waals surface area contributed by atoms with Crippen LogP contribution in [0.15, 0.2) is 36.5 Å². The van der Waals surface area contributed by atoms with Crippen LogP contribution in [0.2, 0.25) is 0 Å². The molecule has 0 saturated carbocycles. The normalized spacial score (nSPS) is 10.7. The first-order valence-corrected chi connectivity index (χ1v) is 6.69. The minimum absolute atomic E-state index is 0.164. The summed E-state index contributed by atoms with van der Waals surface area (Å²) in [4.78, 5) is 14.9. The van der Waals surface area contributed by atoms with Crippen LogP contribution < -0.4 is 5.32 Å². The van der Waals surface area contributed by atoms with Crippen molar-refractivity contribution in [3.05, 3.63) is 59.0 Å². The van der Waals surface area contributed by atoms with Crippen molar-refractivity contribution in [2.75, 3.05) is 5.32 Å². The van der Waals surface area contributed by atoms with Crippen LogP contribution in [0.3, 0.4) is 0 Å². The molecule has 5 heteroatoms. The van der Waals surface area contributed by atoms with E-state index in [2.05, 4.69) is 24.1 Å². The Morgan fingerprint density at radius 2 is 2.00 bits per heavy atom. The number of aromatic nitrogens is 1. The summed E-state index contributed by atoms with van der Waals surface area (Å²) in [7, 11) is 0. The van der Waals surface area contributed by atoms with Crippen molar-refractivity contribution in [1.82, 2.24) is 4.98 Å². The Morgan fingerprint density at radius 3 is 2.57 bits per heavy atom. The number of carbonyl (C=O) groups is 1. The zero-order chi connectivity index (χ0) is 15.4. The predicted molar refractivity (Wildman–Crippen MR) is 79.0 cm³/mol. The molecule has 2 rings (SSSR count). The van der Waals surface area contributed by atoms with Gasteiger partial charge >= 0.3 is 5.97 Å². The maximum absolute atomic E-state index is 13.0. The summed E-state index contributed by atoms with van der Waals surface area (Å²) in [5.74, 6) is -1.25. The highest BCUT2D eigenvalue weighted by Crippen LogP contribution is 2.17. The largest absolute Gasteiger partial charge is 0.478 e. The van der Waals surface area contributed by atoms with E-state index in [0.29, 0.717) is 12.5 Å². The zero-order valence-corrected chi connectivity index (χ0v) is 11.9. The molecule has 0 fully saturated rings. The smallest absolute Gasteiger partial charge is 0.339 e. The summed E-state index contributed by atoms with van der Waals surface area (Å²) < 4.78 is 13.0. The van der Waals surface area contributed by atoms with Crippen LogP contribution in [0.5, 0.6) is 0 Å². The number of hydrogen-bond acceptors (Lipinski definition) is 3. The number of hydrogen-bond donors (Lipinski definition) is 2. The fraction of sp³-hybridized carbons (Fsp3) is 0.250. The molecule has 0 saturated heterocycles. The Balaban J connectivity index is 2.11. The van der Waals surface area contributed by atoms with Crippen LogP contribution >= 0.6 is 0 Å². The molecule has 1 aromatic heterocycles. The monoisotopic (exact) mass is 288 g/mol. The summed E-state index contributed by atoms with van der Waals surface area (Å²) in [5.41, 5.74) is 2.07. The van der Waals surface area contributed by atoms with E-state index in [0.717, 1.165) is 17.8 Å². The van der Waals surface area contributed by atoms with Gasteiger partial charge in [-0.15, -0.1) is 0 Å². The van der Waals surface area contributed by atoms with Crippen LogP contribution in [0, 0.1) is 5.82 Å². The van der Waals surface area contributed by atoms with E-state index >= 15 is 0 Å². The van der Waals surface area contributed by atoms with Gasteiger partial charge in [-0.3, -0.25) is 0 Å². The average molecular weight is 288 g/mol. The molecule has 0 bridgehead atoms. The second-order valence-corrected chi connectivity index (χ2v) is 5.10. The van der Waals surface area contributed by atoms with Crippen LogP contribution in [0.25, 0.3) is 0 Å². The van der Waals surface area contributed by atoms with Crippen molar-refractivity contribution in [3.63, 3.8) is 0 Å². The van der Waals surface area contributed by atoms with Gasteiger partial charge in [0.2, 0.25) is 0 Å². The lowest BCUT2D eigenvalue weighted by Gasteiger charge is -2.10. The molecule has 110 valence electrons. The minimum Gasteiger partial charge on any atom is -0.478 e. The molecule has 1 heterocycles. The van der Waals surface area contributed by atoms with Crippen LogP contribution in [0.1, 0.15) is 41.3 Å². The summed E-state index contributed by atoms with van der Waals surface area (Å²) >= 11 is 0. The molecule has 0 aliphatic rings. The fourth-order valence-electron chi connectivity index (χ4n) is 1.95. The Morgan fingerprint density at radius 1 is 1.33 bits per heavy atom. The lowest BCUT2D eigenvalue weighted by molar-refractivity contribution is 0.0697. The molecule has 0 atom stereocenters. The third-order valence-electron chi connectivity index (χ3n) is 3.19. The Labute approximate surface area is 122 Å². The molecule has 0 spiro atoms. The molecular weight excluding hydrogens is 271 g/mol. The van der Waals surface area contributed by atoms with Gasteiger partial charge in [-0.25, -0.2) is 14.2 Å². The standard InChI is InChI=1S/C16H17FN2O2/c1-10(2)12-5-3-11(4-6-12)8-18-15-14(16(20)21)7-13(17)9-19-15/h3-7,9-10H,8H2,1-2H3,(H,18,19)(H,20,21). The van der Waals surface area contributed by atoms with Gasteiger partial charge in [0.1, 0.15) is 17.2 Å². The number of halogens is 1. The Bertz CT molecular complexity index is 639. The highest BCUT2D eigenvalue weighted by atomic mass is 19.1. The van der Waals surface area contributed by atoms with E-state index in [1.165, 1.54) is 5.56 Å². The lowest BCUT2D eigenvalue weighted by atomic mass is 10.0. The van der Waals surface area contributed by atoms with E-state index in [4.69, 9.17) is 5.11 Å². The van der Waals surface area contributed by atoms with Gasteiger partial charge in [0.05, 0.1) is 6.20 Å². The fourth-order valence-corrected chi connectivity index (χ4v) is 1.95. The number of aromatic carboxylic acids is 1. The third-order valence-corrected chi connectivity index (χ3v) is 3.19. The Hall–Kier alpha value is -2.43. The number of carboxylic acid groups (broad SMARTS) is 1. The van der Waals surface area contributed by atoms with Gasteiger partial charge in [-0.2, -0.15) is 0 Å². The third kappa shape index (κ3) is 3.78. The summed E-state index contributed by atoms with van der Waals surface area (Å²) in [6, 6.07) is 8.99. The van der Waals surface area contributed by atoms with E-state index in [9.17, 15) is 9.18 Å². The zero-order valence-electron chi connectivity index (χ0n) is 11.9. The molecule has 1 aromatic carbocycles. The van der Waals surface area contributed by atoms with Crippen molar-refractivity contribution in [3.8, 4) is 0 Å². The molecule has 0 aliphatic heterocycles. The van der Waals surface area contributed by atoms with Gasteiger partial charge in [0.15, 0.2) is 0 Å². The number of nitrogens with zero attached hydrogens (tertiary/aromatic N) is 1. The highest BCUT2D eigenvalue weighted by molar-refractivity contribution is 5.93. The van der Waals surface area contributed by atoms with Crippen LogP contribution in [-0.2, 0) is 6.54 Å². The van der Waals surface area contributed by atoms with Crippen LogP contribution in [0.4, 0.5) is 10.2 Å². The number of carboxylic acids is 1. The first kappa shape index (κ1) is 15.0. The highest BCUT2D eigenvalue weighted by Gasteiger charge is 2.12. The molecule has 0 aliphatic carbocycles. The topological polar surface area (TPSA) is 62.2 Å². The molecule has 0 radical (unpaired) electrons. The number of rotatable bonds is 5. The van der Waals surface area contributed by atoms with Crippen molar-refractivity contribution in [1.29, 1.82) is 0 Å². The van der Waals surface area contributed by atoms with E-state index in [1.807, 2.05) is 24.3 Å². The summed E-state index contributed by atoms with van der Waals surface area (Å²) in [5, 5.41) is 12.0. The van der Waals surface area contributed by atoms with Crippen molar-refractivity contribution in [2.24, 2.45) is 0 Å². The first-order chi connectivity index (χ1) is 9.97. The van der Waals surface area contributed by atoms with Crippen molar-refractivity contribution >= 4 is 11.8 Å². The minimum atomic E-state index is -1.21. The van der Waals surface area contributed by atoms with E-state index < -0.39 is 11.8 Å². The maximum Gasteiger partial charge on any atom is 0.339 e.